The van der Waals surface area contributed by atoms with Crippen molar-refractivity contribution >= 4 is 32.2 Å². The zero-order chi connectivity index (χ0) is 16.0. The topological polar surface area (TPSA) is 37.3 Å². The molecule has 2 aromatic heterocycles. The van der Waals surface area contributed by atoms with Crippen molar-refractivity contribution in [3.63, 3.8) is 0 Å². The lowest BCUT2D eigenvalue weighted by Gasteiger charge is -2.33. The fourth-order valence-corrected chi connectivity index (χ4v) is 5.81. The van der Waals surface area contributed by atoms with Crippen LogP contribution >= 0.6 is 20.7 Å². The highest BCUT2D eigenvalue weighted by atomic mass is 32.9. The van der Waals surface area contributed by atoms with Gasteiger partial charge in [0.2, 0.25) is 0 Å². The normalized spacial score (nSPS) is 15.7. The third kappa shape index (κ3) is 2.50. The zero-order valence-corrected chi connectivity index (χ0v) is 14.9. The van der Waals surface area contributed by atoms with E-state index in [0.29, 0.717) is 0 Å². The first kappa shape index (κ1) is 14.6. The monoisotopic (exact) mass is 339 g/mol. The van der Waals surface area contributed by atoms with Crippen molar-refractivity contribution in [3.8, 4) is 11.1 Å². The Kier molecular flexibility index (Phi) is 3.36. The van der Waals surface area contributed by atoms with E-state index in [2.05, 4.69) is 48.4 Å². The second-order valence-corrected chi connectivity index (χ2v) is 8.35. The summed E-state index contributed by atoms with van der Waals surface area (Å²) < 4.78 is 1.05. The molecule has 0 saturated heterocycles. The standard InChI is InChI=1S/C18H17N3S2/c1-11-7-6-10-14(19-11)20-17-15-12-8-4-5-9-13(12)21-18(2,3)16(15)22-23-17/h4-10,21H,1-3H3/b20-17-. The molecule has 0 unspecified atom stereocenters. The average Bonchev–Trinajstić information content (AvgIpc) is 2.92. The van der Waals surface area contributed by atoms with Gasteiger partial charge in [-0.2, -0.15) is 0 Å². The van der Waals surface area contributed by atoms with Crippen molar-refractivity contribution < 1.29 is 0 Å². The number of hydrogen-bond donors (Lipinski definition) is 1. The number of nitrogens with zero attached hydrogens (tertiary/aromatic N) is 2. The number of aryl methyl sites for hydroxylation is 1. The van der Waals surface area contributed by atoms with Crippen LogP contribution in [0.15, 0.2) is 47.5 Å². The first-order chi connectivity index (χ1) is 11.0. The van der Waals surface area contributed by atoms with Crippen LogP contribution in [0.1, 0.15) is 24.4 Å². The second-order valence-electron chi connectivity index (χ2n) is 6.22. The maximum absolute atomic E-state index is 4.83. The van der Waals surface area contributed by atoms with Gasteiger partial charge in [-0.05, 0) is 39.0 Å². The van der Waals surface area contributed by atoms with Gasteiger partial charge in [-0.3, -0.25) is 0 Å². The number of para-hydroxylation sites is 1. The molecule has 0 amide bonds. The van der Waals surface area contributed by atoms with E-state index in [1.165, 1.54) is 21.7 Å². The highest BCUT2D eigenvalue weighted by Crippen LogP contribution is 2.45. The Morgan fingerprint density at radius 2 is 1.87 bits per heavy atom. The second kappa shape index (κ2) is 5.28. The Balaban J connectivity index is 1.99. The molecule has 0 bridgehead atoms. The molecule has 0 atom stereocenters. The molecular formula is C18H17N3S2. The minimum Gasteiger partial charge on any atom is -0.375 e. The van der Waals surface area contributed by atoms with Gasteiger partial charge in [0.15, 0.2) is 5.82 Å². The summed E-state index contributed by atoms with van der Waals surface area (Å²) in [6.45, 7) is 6.44. The molecule has 0 radical (unpaired) electrons. The molecule has 1 aromatic carbocycles. The lowest BCUT2D eigenvalue weighted by molar-refractivity contribution is 0.619. The van der Waals surface area contributed by atoms with Crippen LogP contribution in [0, 0.1) is 6.92 Å². The fraction of sp³-hybridized carbons (Fsp3) is 0.222. The van der Waals surface area contributed by atoms with Crippen LogP contribution in [0.2, 0.25) is 0 Å². The van der Waals surface area contributed by atoms with Gasteiger partial charge in [0.1, 0.15) is 4.67 Å². The molecule has 0 saturated carbocycles. The highest BCUT2D eigenvalue weighted by molar-refractivity contribution is 7.68. The van der Waals surface area contributed by atoms with Gasteiger partial charge < -0.3 is 5.32 Å². The van der Waals surface area contributed by atoms with Gasteiger partial charge in [0, 0.05) is 22.5 Å². The highest BCUT2D eigenvalue weighted by Gasteiger charge is 2.33. The first-order valence-corrected chi connectivity index (χ1v) is 9.69. The number of hydrogen-bond acceptors (Lipinski definition) is 5. The summed E-state index contributed by atoms with van der Waals surface area (Å²) >= 11 is 0. The third-order valence-electron chi connectivity index (χ3n) is 3.95. The summed E-state index contributed by atoms with van der Waals surface area (Å²) in [5, 5.41) is 3.64. The average molecular weight is 339 g/mol. The maximum Gasteiger partial charge on any atom is 0.153 e. The molecule has 3 nitrogen and oxygen atoms in total. The van der Waals surface area contributed by atoms with Gasteiger partial charge >= 0.3 is 0 Å². The molecular weight excluding hydrogens is 322 g/mol. The number of rotatable bonds is 1. The van der Waals surface area contributed by atoms with Gasteiger partial charge in [-0.25, -0.2) is 9.98 Å². The number of benzene rings is 1. The van der Waals surface area contributed by atoms with Crippen molar-refractivity contribution in [3.05, 3.63) is 57.7 Å². The molecule has 3 heterocycles. The zero-order valence-electron chi connectivity index (χ0n) is 13.3. The van der Waals surface area contributed by atoms with Crippen LogP contribution in [-0.4, -0.2) is 4.98 Å². The molecule has 0 spiro atoms. The lowest BCUT2D eigenvalue weighted by atomic mass is 9.90. The van der Waals surface area contributed by atoms with E-state index in [1.807, 2.05) is 25.1 Å². The molecule has 23 heavy (non-hydrogen) atoms. The summed E-state index contributed by atoms with van der Waals surface area (Å²) in [5.41, 5.74) is 4.55. The van der Waals surface area contributed by atoms with Crippen molar-refractivity contribution in [2.75, 3.05) is 5.32 Å². The number of anilines is 1. The van der Waals surface area contributed by atoms with Crippen LogP contribution in [0.4, 0.5) is 11.5 Å². The van der Waals surface area contributed by atoms with E-state index >= 15 is 0 Å². The van der Waals surface area contributed by atoms with Crippen molar-refractivity contribution in [2.45, 2.75) is 26.3 Å². The van der Waals surface area contributed by atoms with Gasteiger partial charge in [-0.1, -0.05) is 44.9 Å². The van der Waals surface area contributed by atoms with Crippen LogP contribution in [0.5, 0.6) is 0 Å². The van der Waals surface area contributed by atoms with Crippen LogP contribution in [0.3, 0.4) is 0 Å². The van der Waals surface area contributed by atoms with Gasteiger partial charge in [0.05, 0.1) is 10.4 Å². The summed E-state index contributed by atoms with van der Waals surface area (Å²) in [7, 11) is 3.53. The Morgan fingerprint density at radius 1 is 1.04 bits per heavy atom. The summed E-state index contributed by atoms with van der Waals surface area (Å²) in [4.78, 5) is 10.7. The number of nitrogens with one attached hydrogen (secondary N) is 1. The van der Waals surface area contributed by atoms with Crippen LogP contribution < -0.4 is 9.99 Å². The summed E-state index contributed by atoms with van der Waals surface area (Å²) in [6, 6.07) is 14.4. The quantitative estimate of drug-likeness (QED) is 0.628. The molecule has 1 aliphatic rings. The summed E-state index contributed by atoms with van der Waals surface area (Å²) in [6.07, 6.45) is 0. The van der Waals surface area contributed by atoms with Crippen LogP contribution in [0.25, 0.3) is 11.1 Å². The molecule has 5 heteroatoms. The Hall–Kier alpha value is -1.98. The molecule has 116 valence electrons. The molecule has 3 aromatic rings. The van der Waals surface area contributed by atoms with Gasteiger partial charge in [0.25, 0.3) is 0 Å². The first-order valence-electron chi connectivity index (χ1n) is 7.54. The van der Waals surface area contributed by atoms with Crippen molar-refractivity contribution in [1.29, 1.82) is 0 Å². The minimum absolute atomic E-state index is 0.0847. The number of aromatic nitrogens is 1. The lowest BCUT2D eigenvalue weighted by Crippen LogP contribution is -2.31. The van der Waals surface area contributed by atoms with E-state index in [9.17, 15) is 0 Å². The smallest absolute Gasteiger partial charge is 0.153 e. The van der Waals surface area contributed by atoms with E-state index in [1.54, 1.807) is 20.7 Å². The van der Waals surface area contributed by atoms with Gasteiger partial charge in [-0.15, -0.1) is 0 Å². The number of pyridine rings is 1. The Labute approximate surface area is 142 Å². The fourth-order valence-electron chi connectivity index (χ4n) is 2.89. The molecule has 0 aliphatic carbocycles. The molecule has 1 N–H and O–H groups in total. The molecule has 0 fully saturated rings. The number of fused-ring (bicyclic) bond motifs is 3. The largest absolute Gasteiger partial charge is 0.375 e. The van der Waals surface area contributed by atoms with Crippen LogP contribution in [-0.2, 0) is 5.54 Å². The minimum atomic E-state index is -0.0847. The van der Waals surface area contributed by atoms with Crippen molar-refractivity contribution in [2.24, 2.45) is 4.99 Å². The van der Waals surface area contributed by atoms with E-state index < -0.39 is 0 Å². The third-order valence-corrected chi connectivity index (χ3v) is 6.59. The summed E-state index contributed by atoms with van der Waals surface area (Å²) in [5.74, 6) is 0.774. The predicted octanol–water partition coefficient (Wildman–Crippen LogP) is 5.07. The van der Waals surface area contributed by atoms with Crippen molar-refractivity contribution in [1.82, 2.24) is 4.98 Å². The van der Waals surface area contributed by atoms with E-state index in [0.717, 1.165) is 16.2 Å². The maximum atomic E-state index is 4.83. The molecule has 4 rings (SSSR count). The Morgan fingerprint density at radius 3 is 2.70 bits per heavy atom. The molecule has 1 aliphatic heterocycles. The Bertz CT molecular complexity index is 951. The van der Waals surface area contributed by atoms with E-state index in [-0.39, 0.29) is 5.54 Å². The predicted molar refractivity (Wildman–Crippen MR) is 98.5 cm³/mol. The van der Waals surface area contributed by atoms with E-state index in [4.69, 9.17) is 4.99 Å². The SMILES string of the molecule is Cc1cccc(/N=c2\ssc3c2-c2ccccc2NC3(C)C)n1.